The molecule has 2 aromatic heterocycles. The van der Waals surface area contributed by atoms with Crippen LogP contribution in [0.15, 0.2) is 18.6 Å². The van der Waals surface area contributed by atoms with Gasteiger partial charge in [-0.2, -0.15) is 5.10 Å². The van der Waals surface area contributed by atoms with Gasteiger partial charge in [0.25, 0.3) is 0 Å². The Hall–Kier alpha value is -1.82. The van der Waals surface area contributed by atoms with Gasteiger partial charge in [0.1, 0.15) is 0 Å². The number of methoxy groups -OCH3 is 1. The molecule has 1 N–H and O–H groups in total. The van der Waals surface area contributed by atoms with Gasteiger partial charge in [0.2, 0.25) is 5.95 Å². The van der Waals surface area contributed by atoms with Crippen LogP contribution >= 0.6 is 0 Å². The Balaban J connectivity index is 2.09. The summed E-state index contributed by atoms with van der Waals surface area (Å²) in [5.74, 6) is 0.854. The second kappa shape index (κ2) is 5.88. The van der Waals surface area contributed by atoms with E-state index >= 15 is 0 Å². The van der Waals surface area contributed by atoms with Gasteiger partial charge in [0, 0.05) is 44.4 Å². The maximum Gasteiger partial charge on any atom is 0.203 e. The number of hydrogen-bond acceptors (Lipinski definition) is 4. The van der Waals surface area contributed by atoms with E-state index in [9.17, 15) is 0 Å². The van der Waals surface area contributed by atoms with Crippen molar-refractivity contribution in [1.29, 1.82) is 0 Å². The van der Waals surface area contributed by atoms with Crippen molar-refractivity contribution >= 4 is 5.95 Å². The van der Waals surface area contributed by atoms with Gasteiger partial charge in [-0.1, -0.05) is 0 Å². The smallest absolute Gasteiger partial charge is 0.203 e. The molecule has 0 spiro atoms. The van der Waals surface area contributed by atoms with Crippen LogP contribution in [0.5, 0.6) is 0 Å². The molecule has 0 radical (unpaired) electrons. The first-order valence-electron chi connectivity index (χ1n) is 6.36. The van der Waals surface area contributed by atoms with Crippen LogP contribution in [0.25, 0.3) is 0 Å². The average molecular weight is 263 g/mol. The minimum Gasteiger partial charge on any atom is -0.383 e. The van der Waals surface area contributed by atoms with Crippen molar-refractivity contribution in [2.45, 2.75) is 26.4 Å². The summed E-state index contributed by atoms with van der Waals surface area (Å²) in [6.45, 7) is 5.51. The monoisotopic (exact) mass is 263 g/mol. The molecule has 0 aliphatic heterocycles. The van der Waals surface area contributed by atoms with Crippen LogP contribution in [0.4, 0.5) is 5.95 Å². The van der Waals surface area contributed by atoms with E-state index in [1.807, 2.05) is 31.0 Å². The average Bonchev–Trinajstić information content (AvgIpc) is 2.88. The second-order valence-electron chi connectivity index (χ2n) is 4.79. The standard InChI is InChI=1S/C13H21N5O/c1-10(9-19-4)15-13-14-5-6-18(13)8-12-7-17(3)16-11(12)2/h5-7,10H,8-9H2,1-4H3,(H,14,15). The van der Waals surface area contributed by atoms with Crippen LogP contribution < -0.4 is 5.32 Å². The highest BCUT2D eigenvalue weighted by molar-refractivity contribution is 5.29. The number of ether oxygens (including phenoxy) is 1. The maximum absolute atomic E-state index is 5.12. The largest absolute Gasteiger partial charge is 0.383 e. The molecule has 6 nitrogen and oxygen atoms in total. The summed E-state index contributed by atoms with van der Waals surface area (Å²) < 4.78 is 9.04. The molecule has 2 heterocycles. The summed E-state index contributed by atoms with van der Waals surface area (Å²) in [5, 5.41) is 7.69. The highest BCUT2D eigenvalue weighted by Crippen LogP contribution is 2.12. The molecular formula is C13H21N5O. The lowest BCUT2D eigenvalue weighted by Crippen LogP contribution is -2.23. The minimum absolute atomic E-state index is 0.223. The second-order valence-corrected chi connectivity index (χ2v) is 4.79. The van der Waals surface area contributed by atoms with E-state index in [1.165, 1.54) is 5.56 Å². The molecule has 1 atom stereocenters. The molecule has 0 amide bonds. The van der Waals surface area contributed by atoms with E-state index in [2.05, 4.69) is 26.9 Å². The molecular weight excluding hydrogens is 242 g/mol. The Bertz CT molecular complexity index is 531. The molecule has 2 aromatic rings. The summed E-state index contributed by atoms with van der Waals surface area (Å²) in [4.78, 5) is 4.34. The van der Waals surface area contributed by atoms with Gasteiger partial charge in [0.15, 0.2) is 0 Å². The van der Waals surface area contributed by atoms with Crippen molar-refractivity contribution in [3.63, 3.8) is 0 Å². The van der Waals surface area contributed by atoms with Gasteiger partial charge in [-0.3, -0.25) is 4.68 Å². The van der Waals surface area contributed by atoms with E-state index in [4.69, 9.17) is 4.74 Å². The Labute approximate surface area is 113 Å². The quantitative estimate of drug-likeness (QED) is 0.856. The molecule has 1 unspecified atom stereocenters. The number of rotatable bonds is 6. The van der Waals surface area contributed by atoms with Crippen LogP contribution in [0.3, 0.4) is 0 Å². The maximum atomic E-state index is 5.12. The van der Waals surface area contributed by atoms with Crippen molar-refractivity contribution in [3.05, 3.63) is 29.8 Å². The van der Waals surface area contributed by atoms with Crippen LogP contribution in [0.1, 0.15) is 18.2 Å². The zero-order valence-corrected chi connectivity index (χ0v) is 11.9. The fraction of sp³-hybridized carbons (Fsp3) is 0.538. The third kappa shape index (κ3) is 3.35. The summed E-state index contributed by atoms with van der Waals surface area (Å²) in [5.41, 5.74) is 2.25. The normalized spacial score (nSPS) is 12.6. The molecule has 6 heteroatoms. The van der Waals surface area contributed by atoms with Gasteiger partial charge in [0.05, 0.1) is 18.8 Å². The minimum atomic E-state index is 0.223. The van der Waals surface area contributed by atoms with E-state index in [1.54, 1.807) is 13.3 Å². The number of aryl methyl sites for hydroxylation is 2. The lowest BCUT2D eigenvalue weighted by atomic mass is 10.2. The highest BCUT2D eigenvalue weighted by Gasteiger charge is 2.09. The Morgan fingerprint density at radius 2 is 2.26 bits per heavy atom. The van der Waals surface area contributed by atoms with Gasteiger partial charge in [-0.15, -0.1) is 0 Å². The van der Waals surface area contributed by atoms with Crippen LogP contribution in [0, 0.1) is 6.92 Å². The first-order chi connectivity index (χ1) is 9.10. The predicted octanol–water partition coefficient (Wildman–Crippen LogP) is 1.42. The molecule has 0 saturated heterocycles. The van der Waals surface area contributed by atoms with Crippen LogP contribution in [0.2, 0.25) is 0 Å². The van der Waals surface area contributed by atoms with Crippen LogP contribution in [-0.4, -0.2) is 39.1 Å². The molecule has 19 heavy (non-hydrogen) atoms. The number of nitrogens with zero attached hydrogens (tertiary/aromatic N) is 4. The van der Waals surface area contributed by atoms with E-state index in [-0.39, 0.29) is 6.04 Å². The van der Waals surface area contributed by atoms with E-state index in [0.717, 1.165) is 18.2 Å². The zero-order chi connectivity index (χ0) is 13.8. The molecule has 0 aromatic carbocycles. The van der Waals surface area contributed by atoms with Gasteiger partial charge in [-0.05, 0) is 13.8 Å². The van der Waals surface area contributed by atoms with Gasteiger partial charge < -0.3 is 14.6 Å². The highest BCUT2D eigenvalue weighted by atomic mass is 16.5. The van der Waals surface area contributed by atoms with Crippen molar-refractivity contribution in [2.24, 2.45) is 7.05 Å². The molecule has 0 fully saturated rings. The van der Waals surface area contributed by atoms with Crippen molar-refractivity contribution < 1.29 is 4.74 Å². The van der Waals surface area contributed by atoms with Crippen LogP contribution in [-0.2, 0) is 18.3 Å². The lowest BCUT2D eigenvalue weighted by molar-refractivity contribution is 0.190. The Morgan fingerprint density at radius 3 is 2.89 bits per heavy atom. The third-order valence-electron chi connectivity index (χ3n) is 2.96. The summed E-state index contributed by atoms with van der Waals surface area (Å²) >= 11 is 0. The molecule has 0 aliphatic carbocycles. The third-order valence-corrected chi connectivity index (χ3v) is 2.96. The van der Waals surface area contributed by atoms with Crippen molar-refractivity contribution in [3.8, 4) is 0 Å². The first-order valence-corrected chi connectivity index (χ1v) is 6.36. The molecule has 2 rings (SSSR count). The van der Waals surface area contributed by atoms with Crippen molar-refractivity contribution in [2.75, 3.05) is 19.0 Å². The molecule has 0 bridgehead atoms. The SMILES string of the molecule is COCC(C)Nc1nccn1Cc1cn(C)nc1C. The number of imidazole rings is 1. The number of hydrogen-bond donors (Lipinski definition) is 1. The van der Waals surface area contributed by atoms with E-state index < -0.39 is 0 Å². The summed E-state index contributed by atoms with van der Waals surface area (Å²) in [6, 6.07) is 0.223. The molecule has 104 valence electrons. The molecule has 0 saturated carbocycles. The Morgan fingerprint density at radius 1 is 1.47 bits per heavy atom. The predicted molar refractivity (Wildman–Crippen MR) is 74.2 cm³/mol. The fourth-order valence-electron chi connectivity index (χ4n) is 2.08. The number of nitrogens with one attached hydrogen (secondary N) is 1. The zero-order valence-electron chi connectivity index (χ0n) is 11.9. The van der Waals surface area contributed by atoms with E-state index in [0.29, 0.717) is 6.61 Å². The lowest BCUT2D eigenvalue weighted by Gasteiger charge is -2.15. The summed E-state index contributed by atoms with van der Waals surface area (Å²) in [7, 11) is 3.63. The topological polar surface area (TPSA) is 56.9 Å². The number of aromatic nitrogens is 4. The first kappa shape index (κ1) is 13.6. The van der Waals surface area contributed by atoms with Gasteiger partial charge in [-0.25, -0.2) is 4.98 Å². The number of anilines is 1. The fourth-order valence-corrected chi connectivity index (χ4v) is 2.08. The van der Waals surface area contributed by atoms with Crippen molar-refractivity contribution in [1.82, 2.24) is 19.3 Å². The molecule has 0 aliphatic rings. The van der Waals surface area contributed by atoms with Gasteiger partial charge >= 0.3 is 0 Å². The summed E-state index contributed by atoms with van der Waals surface area (Å²) in [6.07, 6.45) is 5.81. The Kier molecular flexibility index (Phi) is 4.21.